The third kappa shape index (κ3) is 5.97. The maximum Gasteiger partial charge on any atom is 0.338 e. The number of esters is 1. The monoisotopic (exact) mass is 536 g/mol. The SMILES string of the molecule is O=C(COC(=O)c1ccc(NS(=O)(=O)c2ccc3c(c2)OCCO3)cc1)Nc1cccc(Cl)c1Cl. The summed E-state index contributed by atoms with van der Waals surface area (Å²) in [5.41, 5.74) is 0.639. The highest BCUT2D eigenvalue weighted by Crippen LogP contribution is 2.33. The Morgan fingerprint density at radius 3 is 2.40 bits per heavy atom. The van der Waals surface area contributed by atoms with Gasteiger partial charge in [-0.15, -0.1) is 0 Å². The fraction of sp³-hybridized carbons (Fsp3) is 0.130. The molecule has 9 nitrogen and oxygen atoms in total. The van der Waals surface area contributed by atoms with Crippen LogP contribution in [0.1, 0.15) is 10.4 Å². The molecule has 0 bridgehead atoms. The van der Waals surface area contributed by atoms with Crippen LogP contribution in [-0.4, -0.2) is 40.1 Å². The minimum Gasteiger partial charge on any atom is -0.486 e. The van der Waals surface area contributed by atoms with Crippen molar-refractivity contribution in [2.75, 3.05) is 29.9 Å². The van der Waals surface area contributed by atoms with Gasteiger partial charge in [-0.2, -0.15) is 0 Å². The number of hydrogen-bond donors (Lipinski definition) is 2. The molecule has 0 aliphatic carbocycles. The molecule has 0 atom stereocenters. The predicted molar refractivity (Wildman–Crippen MR) is 130 cm³/mol. The molecule has 4 rings (SSSR count). The van der Waals surface area contributed by atoms with Gasteiger partial charge in [-0.1, -0.05) is 29.3 Å². The summed E-state index contributed by atoms with van der Waals surface area (Å²) in [6, 6.07) is 14.6. The number of ether oxygens (including phenoxy) is 3. The van der Waals surface area contributed by atoms with E-state index in [0.29, 0.717) is 24.7 Å². The maximum absolute atomic E-state index is 12.7. The summed E-state index contributed by atoms with van der Waals surface area (Å²) in [6.45, 7) is 0.171. The number of benzene rings is 3. The Morgan fingerprint density at radius 2 is 1.66 bits per heavy atom. The highest BCUT2D eigenvalue weighted by Gasteiger charge is 2.20. The molecular formula is C23H18Cl2N2O7S. The molecule has 3 aromatic carbocycles. The van der Waals surface area contributed by atoms with Gasteiger partial charge < -0.3 is 19.5 Å². The minimum atomic E-state index is -3.91. The average Bonchev–Trinajstić information content (AvgIpc) is 2.85. The fourth-order valence-corrected chi connectivity index (χ4v) is 4.50. The molecule has 12 heteroatoms. The van der Waals surface area contributed by atoms with Gasteiger partial charge in [-0.25, -0.2) is 13.2 Å². The number of fused-ring (bicyclic) bond motifs is 1. The Labute approximate surface area is 210 Å². The smallest absolute Gasteiger partial charge is 0.338 e. The topological polar surface area (TPSA) is 120 Å². The molecule has 0 spiro atoms. The molecular weight excluding hydrogens is 519 g/mol. The number of carbonyl (C=O) groups excluding carboxylic acids is 2. The Bertz CT molecular complexity index is 1380. The van der Waals surface area contributed by atoms with Gasteiger partial charge in [0.2, 0.25) is 0 Å². The number of halogens is 2. The lowest BCUT2D eigenvalue weighted by Gasteiger charge is -2.19. The lowest BCUT2D eigenvalue weighted by Crippen LogP contribution is -2.21. The number of nitrogens with one attached hydrogen (secondary N) is 2. The van der Waals surface area contributed by atoms with Crippen molar-refractivity contribution in [3.63, 3.8) is 0 Å². The third-order valence-electron chi connectivity index (χ3n) is 4.76. The molecule has 1 aliphatic heterocycles. The van der Waals surface area contributed by atoms with Crippen molar-refractivity contribution in [3.8, 4) is 11.5 Å². The molecule has 0 unspecified atom stereocenters. The highest BCUT2D eigenvalue weighted by atomic mass is 35.5. The van der Waals surface area contributed by atoms with E-state index in [-0.39, 0.29) is 31.9 Å². The van der Waals surface area contributed by atoms with Gasteiger partial charge in [0.25, 0.3) is 15.9 Å². The first-order valence-electron chi connectivity index (χ1n) is 10.2. The summed E-state index contributed by atoms with van der Waals surface area (Å²) < 4.78 is 43.7. The Morgan fingerprint density at radius 1 is 0.943 bits per heavy atom. The zero-order chi connectivity index (χ0) is 25.0. The van der Waals surface area contributed by atoms with Crippen LogP contribution < -0.4 is 19.5 Å². The van der Waals surface area contributed by atoms with Crippen LogP contribution in [0.25, 0.3) is 0 Å². The molecule has 0 saturated carbocycles. The van der Waals surface area contributed by atoms with Crippen LogP contribution in [0.4, 0.5) is 11.4 Å². The van der Waals surface area contributed by atoms with Crippen molar-refractivity contribution < 1.29 is 32.2 Å². The van der Waals surface area contributed by atoms with E-state index in [1.165, 1.54) is 42.5 Å². The second-order valence-corrected chi connectivity index (χ2v) is 9.68. The number of amides is 1. The standard InChI is InChI=1S/C23H18Cl2N2O7S/c24-17-2-1-3-18(22(17)25)26-21(28)13-34-23(29)14-4-6-15(7-5-14)27-35(30,31)16-8-9-19-20(12-16)33-11-10-32-19/h1-9,12,27H,10-11,13H2,(H,26,28). The Kier molecular flexibility index (Phi) is 7.34. The Balaban J connectivity index is 1.34. The van der Waals surface area contributed by atoms with Crippen LogP contribution in [0.2, 0.25) is 10.0 Å². The van der Waals surface area contributed by atoms with E-state index in [4.69, 9.17) is 37.4 Å². The molecule has 1 amide bonds. The molecule has 0 radical (unpaired) electrons. The molecule has 0 saturated heterocycles. The molecule has 182 valence electrons. The van der Waals surface area contributed by atoms with E-state index in [1.54, 1.807) is 18.2 Å². The summed E-state index contributed by atoms with van der Waals surface area (Å²) >= 11 is 11.9. The minimum absolute atomic E-state index is 0.00365. The number of sulfonamides is 1. The largest absolute Gasteiger partial charge is 0.486 e. The van der Waals surface area contributed by atoms with E-state index in [9.17, 15) is 18.0 Å². The summed E-state index contributed by atoms with van der Waals surface area (Å²) in [5.74, 6) is -0.550. The van der Waals surface area contributed by atoms with E-state index in [0.717, 1.165) is 0 Å². The van der Waals surface area contributed by atoms with Crippen LogP contribution in [0.5, 0.6) is 11.5 Å². The van der Waals surface area contributed by atoms with E-state index < -0.39 is 28.5 Å². The van der Waals surface area contributed by atoms with Crippen LogP contribution in [0.3, 0.4) is 0 Å². The number of anilines is 2. The molecule has 1 heterocycles. The van der Waals surface area contributed by atoms with Gasteiger partial charge in [0.05, 0.1) is 26.2 Å². The fourth-order valence-electron chi connectivity index (χ4n) is 3.08. The van der Waals surface area contributed by atoms with Crippen LogP contribution in [-0.2, 0) is 19.6 Å². The highest BCUT2D eigenvalue weighted by molar-refractivity contribution is 7.92. The van der Waals surface area contributed by atoms with Crippen molar-refractivity contribution in [3.05, 3.63) is 76.3 Å². The van der Waals surface area contributed by atoms with E-state index in [1.807, 2.05) is 0 Å². The van der Waals surface area contributed by atoms with Crippen molar-refractivity contribution in [2.24, 2.45) is 0 Å². The summed E-state index contributed by atoms with van der Waals surface area (Å²) in [6.07, 6.45) is 0. The van der Waals surface area contributed by atoms with Gasteiger partial charge in [0.15, 0.2) is 18.1 Å². The first-order valence-corrected chi connectivity index (χ1v) is 12.4. The Hall–Kier alpha value is -3.47. The predicted octanol–water partition coefficient (Wildman–Crippen LogP) is 4.36. The number of hydrogen-bond acceptors (Lipinski definition) is 7. The lowest BCUT2D eigenvalue weighted by molar-refractivity contribution is -0.119. The molecule has 35 heavy (non-hydrogen) atoms. The van der Waals surface area contributed by atoms with Crippen molar-refractivity contribution in [1.82, 2.24) is 0 Å². The normalized spacial score (nSPS) is 12.5. The first kappa shape index (κ1) is 24.6. The summed E-state index contributed by atoms with van der Waals surface area (Å²) in [7, 11) is -3.91. The van der Waals surface area contributed by atoms with Gasteiger partial charge in [-0.3, -0.25) is 9.52 Å². The van der Waals surface area contributed by atoms with Crippen molar-refractivity contribution in [1.29, 1.82) is 0 Å². The third-order valence-corrected chi connectivity index (χ3v) is 6.95. The number of rotatable bonds is 7. The molecule has 0 aromatic heterocycles. The van der Waals surface area contributed by atoms with Gasteiger partial charge in [-0.05, 0) is 48.5 Å². The number of carbonyl (C=O) groups is 2. The molecule has 1 aliphatic rings. The van der Waals surface area contributed by atoms with E-state index in [2.05, 4.69) is 10.0 Å². The van der Waals surface area contributed by atoms with Gasteiger partial charge in [0, 0.05) is 11.8 Å². The van der Waals surface area contributed by atoms with E-state index >= 15 is 0 Å². The van der Waals surface area contributed by atoms with Crippen molar-refractivity contribution >= 4 is 56.5 Å². The molecule has 3 aromatic rings. The quantitative estimate of drug-likeness (QED) is 0.430. The molecule has 2 N–H and O–H groups in total. The summed E-state index contributed by atoms with van der Waals surface area (Å²) in [4.78, 5) is 24.3. The first-order chi connectivity index (χ1) is 16.7. The van der Waals surface area contributed by atoms with Gasteiger partial charge in [0.1, 0.15) is 13.2 Å². The zero-order valence-corrected chi connectivity index (χ0v) is 20.2. The maximum atomic E-state index is 12.7. The van der Waals surface area contributed by atoms with Crippen LogP contribution >= 0.6 is 23.2 Å². The lowest BCUT2D eigenvalue weighted by atomic mass is 10.2. The zero-order valence-electron chi connectivity index (χ0n) is 17.9. The molecule has 0 fully saturated rings. The second kappa shape index (κ2) is 10.4. The van der Waals surface area contributed by atoms with Crippen LogP contribution in [0, 0.1) is 0 Å². The van der Waals surface area contributed by atoms with Crippen LogP contribution in [0.15, 0.2) is 65.6 Å². The van der Waals surface area contributed by atoms with Crippen molar-refractivity contribution in [2.45, 2.75) is 4.90 Å². The summed E-state index contributed by atoms with van der Waals surface area (Å²) in [5, 5.41) is 2.94. The second-order valence-electron chi connectivity index (χ2n) is 7.21. The average molecular weight is 537 g/mol. The van der Waals surface area contributed by atoms with Gasteiger partial charge >= 0.3 is 5.97 Å².